The van der Waals surface area contributed by atoms with Crippen LogP contribution in [0.5, 0.6) is 0 Å². The Balaban J connectivity index is 1.93. The number of nitriles is 1. The van der Waals surface area contributed by atoms with Gasteiger partial charge < -0.3 is 5.73 Å². The molecule has 2 aromatic rings. The Hall–Kier alpha value is -2.15. The Bertz CT molecular complexity index is 570. The molecule has 2 rings (SSSR count). The summed E-state index contributed by atoms with van der Waals surface area (Å²) in [6, 6.07) is 20.4. The van der Waals surface area contributed by atoms with Gasteiger partial charge in [-0.25, -0.2) is 0 Å². The van der Waals surface area contributed by atoms with Gasteiger partial charge in [0.05, 0.1) is 11.6 Å². The highest BCUT2D eigenvalue weighted by Gasteiger charge is 2.06. The van der Waals surface area contributed by atoms with Gasteiger partial charge >= 0.3 is 0 Å². The molecule has 0 saturated carbocycles. The summed E-state index contributed by atoms with van der Waals surface area (Å²) in [5.41, 5.74) is 8.98. The zero-order valence-electron chi connectivity index (χ0n) is 12.2. The van der Waals surface area contributed by atoms with E-state index in [9.17, 15) is 0 Å². The summed E-state index contributed by atoms with van der Waals surface area (Å²) in [4.78, 5) is 2.36. The molecule has 0 spiro atoms. The van der Waals surface area contributed by atoms with Crippen LogP contribution < -0.4 is 5.73 Å². The van der Waals surface area contributed by atoms with Gasteiger partial charge in [0.15, 0.2) is 0 Å². The number of hydrogen-bond donors (Lipinski definition) is 1. The van der Waals surface area contributed by atoms with Crippen LogP contribution in [0.1, 0.15) is 16.7 Å². The maximum atomic E-state index is 8.83. The summed E-state index contributed by atoms with van der Waals surface area (Å²) in [5, 5.41) is 8.83. The van der Waals surface area contributed by atoms with Gasteiger partial charge in [-0.15, -0.1) is 0 Å². The second-order valence-electron chi connectivity index (χ2n) is 5.11. The first-order valence-corrected chi connectivity index (χ1v) is 7.27. The van der Waals surface area contributed by atoms with Crippen molar-refractivity contribution in [1.29, 1.82) is 5.26 Å². The van der Waals surface area contributed by atoms with E-state index in [2.05, 4.69) is 35.2 Å². The smallest absolute Gasteiger partial charge is 0.0991 e. The molecule has 0 unspecified atom stereocenters. The van der Waals surface area contributed by atoms with Gasteiger partial charge in [0.25, 0.3) is 0 Å². The highest BCUT2D eigenvalue weighted by Crippen LogP contribution is 2.08. The van der Waals surface area contributed by atoms with Gasteiger partial charge in [0.1, 0.15) is 0 Å². The number of nitrogens with two attached hydrogens (primary N) is 1. The third kappa shape index (κ3) is 5.03. The lowest BCUT2D eigenvalue weighted by atomic mass is 10.1. The first-order chi connectivity index (χ1) is 10.3. The molecule has 0 heterocycles. The Morgan fingerprint density at radius 2 is 1.62 bits per heavy atom. The van der Waals surface area contributed by atoms with E-state index < -0.39 is 0 Å². The van der Waals surface area contributed by atoms with Gasteiger partial charge in [-0.1, -0.05) is 42.5 Å². The maximum absolute atomic E-state index is 8.83. The van der Waals surface area contributed by atoms with Crippen molar-refractivity contribution in [2.45, 2.75) is 13.0 Å². The monoisotopic (exact) mass is 279 g/mol. The summed E-state index contributed by atoms with van der Waals surface area (Å²) >= 11 is 0. The number of nitrogens with zero attached hydrogens (tertiary/aromatic N) is 2. The molecule has 3 nitrogen and oxygen atoms in total. The van der Waals surface area contributed by atoms with Crippen molar-refractivity contribution >= 4 is 0 Å². The van der Waals surface area contributed by atoms with E-state index in [0.29, 0.717) is 12.1 Å². The van der Waals surface area contributed by atoms with Gasteiger partial charge in [-0.3, -0.25) is 4.90 Å². The fourth-order valence-corrected chi connectivity index (χ4v) is 2.33. The van der Waals surface area contributed by atoms with Crippen molar-refractivity contribution in [3.63, 3.8) is 0 Å². The van der Waals surface area contributed by atoms with Crippen LogP contribution in [0.15, 0.2) is 54.6 Å². The quantitative estimate of drug-likeness (QED) is 0.847. The van der Waals surface area contributed by atoms with Crippen LogP contribution in [-0.4, -0.2) is 24.5 Å². The molecule has 0 fully saturated rings. The van der Waals surface area contributed by atoms with Crippen LogP contribution in [0, 0.1) is 11.3 Å². The minimum Gasteiger partial charge on any atom is -0.329 e. The summed E-state index contributed by atoms with van der Waals surface area (Å²) in [5.74, 6) is 0. The van der Waals surface area contributed by atoms with Crippen LogP contribution in [0.25, 0.3) is 0 Å². The molecule has 0 amide bonds. The third-order valence-electron chi connectivity index (χ3n) is 3.49. The van der Waals surface area contributed by atoms with Crippen molar-refractivity contribution in [3.05, 3.63) is 71.3 Å². The molecule has 0 aliphatic rings. The van der Waals surface area contributed by atoms with E-state index in [1.165, 1.54) is 11.1 Å². The van der Waals surface area contributed by atoms with E-state index >= 15 is 0 Å². The van der Waals surface area contributed by atoms with E-state index in [1.54, 1.807) is 0 Å². The SMILES string of the molecule is N#Cc1ccc(CN(CCN)CCc2ccccc2)cc1. The maximum Gasteiger partial charge on any atom is 0.0991 e. The fourth-order valence-electron chi connectivity index (χ4n) is 2.33. The zero-order valence-corrected chi connectivity index (χ0v) is 12.2. The number of rotatable bonds is 7. The van der Waals surface area contributed by atoms with Crippen molar-refractivity contribution in [3.8, 4) is 6.07 Å². The average Bonchev–Trinajstić information content (AvgIpc) is 2.54. The second-order valence-corrected chi connectivity index (χ2v) is 5.11. The molecule has 0 aromatic heterocycles. The molecule has 0 atom stereocenters. The predicted molar refractivity (Wildman–Crippen MR) is 85.6 cm³/mol. The lowest BCUT2D eigenvalue weighted by Gasteiger charge is -2.21. The lowest BCUT2D eigenvalue weighted by Crippen LogP contribution is -2.31. The summed E-state index contributed by atoms with van der Waals surface area (Å²) in [6.45, 7) is 3.40. The van der Waals surface area contributed by atoms with E-state index in [1.807, 2.05) is 30.3 Å². The largest absolute Gasteiger partial charge is 0.329 e. The molecular formula is C18H21N3. The molecule has 0 aliphatic carbocycles. The first kappa shape index (κ1) is 15.2. The van der Waals surface area contributed by atoms with E-state index in [0.717, 1.165) is 26.1 Å². The normalized spacial score (nSPS) is 10.5. The molecule has 108 valence electrons. The Morgan fingerprint density at radius 1 is 0.905 bits per heavy atom. The minimum atomic E-state index is 0.658. The average molecular weight is 279 g/mol. The molecule has 0 aliphatic heterocycles. The highest BCUT2D eigenvalue weighted by atomic mass is 15.1. The molecule has 0 saturated heterocycles. The molecule has 0 bridgehead atoms. The van der Waals surface area contributed by atoms with Crippen LogP contribution in [-0.2, 0) is 13.0 Å². The Kier molecular flexibility index (Phi) is 5.96. The van der Waals surface area contributed by atoms with Crippen molar-refractivity contribution < 1.29 is 0 Å². The molecule has 3 heteroatoms. The first-order valence-electron chi connectivity index (χ1n) is 7.27. The Labute approximate surface area is 126 Å². The topological polar surface area (TPSA) is 53.0 Å². The zero-order chi connectivity index (χ0) is 14.9. The van der Waals surface area contributed by atoms with Gasteiger partial charge in [0.2, 0.25) is 0 Å². The van der Waals surface area contributed by atoms with Crippen molar-refractivity contribution in [2.75, 3.05) is 19.6 Å². The molecular weight excluding hydrogens is 258 g/mol. The van der Waals surface area contributed by atoms with E-state index in [4.69, 9.17) is 11.0 Å². The van der Waals surface area contributed by atoms with Crippen LogP contribution in [0.4, 0.5) is 0 Å². The van der Waals surface area contributed by atoms with Crippen LogP contribution >= 0.6 is 0 Å². The lowest BCUT2D eigenvalue weighted by molar-refractivity contribution is 0.276. The van der Waals surface area contributed by atoms with Crippen LogP contribution in [0.2, 0.25) is 0 Å². The summed E-state index contributed by atoms with van der Waals surface area (Å²) < 4.78 is 0. The minimum absolute atomic E-state index is 0.658. The van der Waals surface area contributed by atoms with Gasteiger partial charge in [-0.2, -0.15) is 5.26 Å². The number of benzene rings is 2. The van der Waals surface area contributed by atoms with Crippen molar-refractivity contribution in [1.82, 2.24) is 4.90 Å². The van der Waals surface area contributed by atoms with Gasteiger partial charge in [0, 0.05) is 26.2 Å². The standard InChI is InChI=1S/C18H21N3/c19-11-13-21(12-10-16-4-2-1-3-5-16)15-18-8-6-17(14-20)7-9-18/h1-9H,10-13,15,19H2. The van der Waals surface area contributed by atoms with Crippen LogP contribution in [0.3, 0.4) is 0 Å². The predicted octanol–water partition coefficient (Wildman–Crippen LogP) is 2.56. The fraction of sp³-hybridized carbons (Fsp3) is 0.278. The summed E-state index contributed by atoms with van der Waals surface area (Å²) in [6.07, 6.45) is 1.02. The molecule has 2 N–H and O–H groups in total. The van der Waals surface area contributed by atoms with Crippen molar-refractivity contribution in [2.24, 2.45) is 5.73 Å². The third-order valence-corrected chi connectivity index (χ3v) is 3.49. The molecule has 0 radical (unpaired) electrons. The molecule has 2 aromatic carbocycles. The Morgan fingerprint density at radius 3 is 2.24 bits per heavy atom. The second kappa shape index (κ2) is 8.21. The number of hydrogen-bond acceptors (Lipinski definition) is 3. The highest BCUT2D eigenvalue weighted by molar-refractivity contribution is 5.31. The van der Waals surface area contributed by atoms with Gasteiger partial charge in [-0.05, 0) is 29.7 Å². The van der Waals surface area contributed by atoms with E-state index in [-0.39, 0.29) is 0 Å². The molecule has 21 heavy (non-hydrogen) atoms. The summed E-state index contributed by atoms with van der Waals surface area (Å²) in [7, 11) is 0.